The zero-order valence-corrected chi connectivity index (χ0v) is 14.8. The monoisotopic (exact) mass is 360 g/mol. The van der Waals surface area contributed by atoms with Crippen molar-refractivity contribution in [1.82, 2.24) is 9.97 Å². The molecule has 0 radical (unpaired) electrons. The van der Waals surface area contributed by atoms with Crippen molar-refractivity contribution < 1.29 is 9.53 Å². The summed E-state index contributed by atoms with van der Waals surface area (Å²) in [6.07, 6.45) is 3.66. The Balaban J connectivity index is 1.64. The molecule has 0 atom stereocenters. The maximum atomic E-state index is 11.7. The molecule has 0 aliphatic carbocycles. The molecule has 27 heavy (non-hydrogen) atoms. The lowest BCUT2D eigenvalue weighted by Gasteiger charge is -2.26. The Morgan fingerprint density at radius 2 is 1.63 bits per heavy atom. The minimum Gasteiger partial charge on any atom is -0.378 e. The smallest absolute Gasteiger partial charge is 0.249 e. The number of nitrogens with zero attached hydrogens (tertiary/aromatic N) is 3. The second-order valence-electron chi connectivity index (χ2n) is 6.36. The average Bonchev–Trinajstić information content (AvgIpc) is 2.74. The van der Waals surface area contributed by atoms with Crippen molar-refractivity contribution in [3.8, 4) is 22.3 Å². The van der Waals surface area contributed by atoms with E-state index in [4.69, 9.17) is 10.5 Å². The van der Waals surface area contributed by atoms with E-state index in [9.17, 15) is 4.79 Å². The van der Waals surface area contributed by atoms with Gasteiger partial charge in [-0.1, -0.05) is 36.4 Å². The second-order valence-corrected chi connectivity index (χ2v) is 6.36. The summed E-state index contributed by atoms with van der Waals surface area (Å²) in [5.41, 5.74) is 9.68. The van der Waals surface area contributed by atoms with Crippen molar-refractivity contribution >= 4 is 11.9 Å². The van der Waals surface area contributed by atoms with Gasteiger partial charge in [-0.15, -0.1) is 0 Å². The topological polar surface area (TPSA) is 81.3 Å². The SMILES string of the molecule is NC(=O)c1ccccc1-c1cccc(-c2cnc(N3CCOCC3)nc2)c1. The third-order valence-corrected chi connectivity index (χ3v) is 4.63. The van der Waals surface area contributed by atoms with Crippen molar-refractivity contribution in [2.75, 3.05) is 31.2 Å². The molecule has 0 unspecified atom stereocenters. The van der Waals surface area contributed by atoms with Crippen LogP contribution in [0.5, 0.6) is 0 Å². The largest absolute Gasteiger partial charge is 0.378 e. The van der Waals surface area contributed by atoms with Crippen LogP contribution in [0.3, 0.4) is 0 Å². The lowest BCUT2D eigenvalue weighted by atomic mass is 9.96. The molecule has 0 bridgehead atoms. The molecule has 6 heteroatoms. The van der Waals surface area contributed by atoms with Gasteiger partial charge in [0.1, 0.15) is 0 Å². The number of amides is 1. The predicted molar refractivity (Wildman–Crippen MR) is 104 cm³/mol. The number of carbonyl (C=O) groups excluding carboxylic acids is 1. The highest BCUT2D eigenvalue weighted by Crippen LogP contribution is 2.28. The van der Waals surface area contributed by atoms with E-state index in [1.807, 2.05) is 54.9 Å². The van der Waals surface area contributed by atoms with Crippen LogP contribution >= 0.6 is 0 Å². The van der Waals surface area contributed by atoms with Gasteiger partial charge in [-0.3, -0.25) is 4.79 Å². The molecule has 1 aliphatic heterocycles. The van der Waals surface area contributed by atoms with Gasteiger partial charge in [-0.25, -0.2) is 9.97 Å². The van der Waals surface area contributed by atoms with Gasteiger partial charge < -0.3 is 15.4 Å². The van der Waals surface area contributed by atoms with E-state index in [1.54, 1.807) is 6.07 Å². The summed E-state index contributed by atoms with van der Waals surface area (Å²) in [5.74, 6) is 0.284. The Hall–Kier alpha value is -3.25. The van der Waals surface area contributed by atoms with Gasteiger partial charge in [0, 0.05) is 36.6 Å². The van der Waals surface area contributed by atoms with Crippen LogP contribution in [0.2, 0.25) is 0 Å². The molecule has 1 aliphatic rings. The van der Waals surface area contributed by atoms with Crippen molar-refractivity contribution in [3.63, 3.8) is 0 Å². The summed E-state index contributed by atoms with van der Waals surface area (Å²) < 4.78 is 5.37. The summed E-state index contributed by atoms with van der Waals surface area (Å²) in [5, 5.41) is 0. The van der Waals surface area contributed by atoms with Crippen molar-refractivity contribution in [1.29, 1.82) is 0 Å². The number of carbonyl (C=O) groups is 1. The minimum atomic E-state index is -0.436. The minimum absolute atomic E-state index is 0.436. The van der Waals surface area contributed by atoms with Crippen molar-refractivity contribution in [2.24, 2.45) is 5.73 Å². The summed E-state index contributed by atoms with van der Waals surface area (Å²) in [6.45, 7) is 3.01. The van der Waals surface area contributed by atoms with Gasteiger partial charge in [0.15, 0.2) is 0 Å². The number of morpholine rings is 1. The second kappa shape index (κ2) is 7.55. The van der Waals surface area contributed by atoms with Crippen LogP contribution < -0.4 is 10.6 Å². The van der Waals surface area contributed by atoms with Gasteiger partial charge in [0.25, 0.3) is 0 Å². The van der Waals surface area contributed by atoms with Crippen molar-refractivity contribution in [2.45, 2.75) is 0 Å². The Morgan fingerprint density at radius 1 is 0.926 bits per heavy atom. The fraction of sp³-hybridized carbons (Fsp3) is 0.190. The quantitative estimate of drug-likeness (QED) is 0.774. The van der Waals surface area contributed by atoms with E-state index in [-0.39, 0.29) is 0 Å². The number of anilines is 1. The summed E-state index contributed by atoms with van der Waals surface area (Å²) in [7, 11) is 0. The van der Waals surface area contributed by atoms with Crippen LogP contribution in [0.4, 0.5) is 5.95 Å². The highest BCUT2D eigenvalue weighted by atomic mass is 16.5. The number of ether oxygens (including phenoxy) is 1. The molecule has 1 saturated heterocycles. The Bertz CT molecular complexity index is 950. The highest BCUT2D eigenvalue weighted by Gasteiger charge is 2.14. The molecule has 0 spiro atoms. The van der Waals surface area contributed by atoms with Crippen molar-refractivity contribution in [3.05, 3.63) is 66.5 Å². The van der Waals surface area contributed by atoms with Crippen LogP contribution in [-0.4, -0.2) is 42.2 Å². The molecule has 2 heterocycles. The Morgan fingerprint density at radius 3 is 2.37 bits per heavy atom. The lowest BCUT2D eigenvalue weighted by molar-refractivity contribution is 0.100. The zero-order valence-electron chi connectivity index (χ0n) is 14.8. The Labute approximate surface area is 157 Å². The predicted octanol–water partition coefficient (Wildman–Crippen LogP) is 2.75. The number of hydrogen-bond acceptors (Lipinski definition) is 5. The maximum Gasteiger partial charge on any atom is 0.249 e. The molecule has 1 aromatic heterocycles. The molecule has 1 fully saturated rings. The molecule has 2 aromatic carbocycles. The number of primary amides is 1. The third-order valence-electron chi connectivity index (χ3n) is 4.63. The first kappa shape index (κ1) is 17.2. The van der Waals surface area contributed by atoms with E-state index in [0.29, 0.717) is 18.8 Å². The molecule has 1 amide bonds. The van der Waals surface area contributed by atoms with Gasteiger partial charge in [0.05, 0.1) is 13.2 Å². The summed E-state index contributed by atoms with van der Waals surface area (Å²) in [4.78, 5) is 22.9. The molecule has 136 valence electrons. The fourth-order valence-corrected chi connectivity index (χ4v) is 3.21. The number of nitrogens with two attached hydrogens (primary N) is 1. The van der Waals surface area contributed by atoms with Crippen LogP contribution in [0.1, 0.15) is 10.4 Å². The van der Waals surface area contributed by atoms with E-state index in [0.717, 1.165) is 41.3 Å². The molecule has 2 N–H and O–H groups in total. The van der Waals surface area contributed by atoms with Crippen LogP contribution in [0.15, 0.2) is 60.9 Å². The number of rotatable bonds is 4. The number of aromatic nitrogens is 2. The number of benzene rings is 2. The molecular formula is C21H20N4O2. The molecule has 6 nitrogen and oxygen atoms in total. The summed E-state index contributed by atoms with van der Waals surface area (Å²) in [6, 6.07) is 15.3. The molecule has 4 rings (SSSR count). The zero-order chi connectivity index (χ0) is 18.6. The first-order valence-electron chi connectivity index (χ1n) is 8.87. The first-order chi connectivity index (χ1) is 13.2. The highest BCUT2D eigenvalue weighted by molar-refractivity contribution is 6.00. The van der Waals surface area contributed by atoms with Gasteiger partial charge in [-0.05, 0) is 28.8 Å². The maximum absolute atomic E-state index is 11.7. The summed E-state index contributed by atoms with van der Waals surface area (Å²) >= 11 is 0. The van der Waals surface area contributed by atoms with Crippen LogP contribution in [0, 0.1) is 0 Å². The van der Waals surface area contributed by atoms with Gasteiger partial charge in [-0.2, -0.15) is 0 Å². The Kier molecular flexibility index (Phi) is 4.80. The van der Waals surface area contributed by atoms with E-state index >= 15 is 0 Å². The number of hydrogen-bond donors (Lipinski definition) is 1. The van der Waals surface area contributed by atoms with Gasteiger partial charge in [0.2, 0.25) is 11.9 Å². The fourth-order valence-electron chi connectivity index (χ4n) is 3.21. The molecular weight excluding hydrogens is 340 g/mol. The standard InChI is InChI=1S/C21H20N4O2/c22-20(26)19-7-2-1-6-18(19)16-5-3-4-15(12-16)17-13-23-21(24-14-17)25-8-10-27-11-9-25/h1-7,12-14H,8-11H2,(H2,22,26). The third kappa shape index (κ3) is 3.66. The molecule has 3 aromatic rings. The van der Waals surface area contributed by atoms with Crippen LogP contribution in [0.25, 0.3) is 22.3 Å². The van der Waals surface area contributed by atoms with E-state index in [2.05, 4.69) is 14.9 Å². The lowest BCUT2D eigenvalue weighted by Crippen LogP contribution is -2.37. The molecule has 0 saturated carbocycles. The van der Waals surface area contributed by atoms with Gasteiger partial charge >= 0.3 is 0 Å². The van der Waals surface area contributed by atoms with E-state index < -0.39 is 5.91 Å². The average molecular weight is 360 g/mol. The normalized spacial score (nSPS) is 14.1. The first-order valence-corrected chi connectivity index (χ1v) is 8.87. The van der Waals surface area contributed by atoms with E-state index in [1.165, 1.54) is 0 Å². The van der Waals surface area contributed by atoms with Crippen LogP contribution in [-0.2, 0) is 4.74 Å².